The molecule has 0 spiro atoms. The third-order valence-electron chi connectivity index (χ3n) is 2.36. The summed E-state index contributed by atoms with van der Waals surface area (Å²) in [7, 11) is -3.25. The Labute approximate surface area is 96.1 Å². The summed E-state index contributed by atoms with van der Waals surface area (Å²) in [6.45, 7) is 5.69. The van der Waals surface area contributed by atoms with Crippen molar-refractivity contribution in [3.8, 4) is 0 Å². The van der Waals surface area contributed by atoms with E-state index in [1.807, 2.05) is 6.92 Å². The van der Waals surface area contributed by atoms with E-state index in [9.17, 15) is 13.8 Å². The van der Waals surface area contributed by atoms with Gasteiger partial charge in [-0.25, -0.2) is 4.39 Å². The first-order valence-electron chi connectivity index (χ1n) is 5.29. The highest BCUT2D eigenvalue weighted by Gasteiger charge is 2.43. The molecule has 2 unspecified atom stereocenters. The predicted molar refractivity (Wildman–Crippen MR) is 60.4 cm³/mol. The first-order chi connectivity index (χ1) is 7.13. The first-order valence-corrected chi connectivity index (χ1v) is 6.55. The molecule has 96 valence electrons. The summed E-state index contributed by atoms with van der Waals surface area (Å²) in [5.41, 5.74) is -3.58. The molecule has 0 fully saturated rings. The van der Waals surface area contributed by atoms with Gasteiger partial charge in [0, 0.05) is 0 Å². The number of ketones is 1. The molecular weight excluding hydrogens is 234 g/mol. The first kappa shape index (κ1) is 15.8. The van der Waals surface area contributed by atoms with Crippen LogP contribution in [0.25, 0.3) is 0 Å². The fourth-order valence-corrected chi connectivity index (χ4v) is 2.04. The van der Waals surface area contributed by atoms with Gasteiger partial charge in [0.25, 0.3) is 0 Å². The van der Waals surface area contributed by atoms with E-state index < -0.39 is 25.3 Å². The van der Waals surface area contributed by atoms with Crippen LogP contribution in [0.4, 0.5) is 4.39 Å². The monoisotopic (exact) mass is 254 g/mol. The Kier molecular flexibility index (Phi) is 5.80. The highest BCUT2D eigenvalue weighted by Crippen LogP contribution is 2.33. The molecule has 0 rings (SSSR count). The van der Waals surface area contributed by atoms with Crippen LogP contribution in [0.2, 0.25) is 0 Å². The average Bonchev–Trinajstić information content (AvgIpc) is 2.11. The Morgan fingerprint density at radius 2 is 1.94 bits per heavy atom. The minimum Gasteiger partial charge on any atom is -0.326 e. The van der Waals surface area contributed by atoms with Crippen molar-refractivity contribution < 1.29 is 23.2 Å². The Morgan fingerprint density at radius 1 is 1.44 bits per heavy atom. The lowest BCUT2D eigenvalue weighted by Crippen LogP contribution is -2.46. The number of carbonyl (C=O) groups excluding carboxylic acids is 1. The minimum absolute atomic E-state index is 0.0987. The van der Waals surface area contributed by atoms with Crippen molar-refractivity contribution in [2.75, 3.05) is 0 Å². The standard InChI is InChI=1S/C10H20FO4P/c1-5-6-7-10(4,11)8(12)9(2,3)15-16(13)14/h16H,5-7H2,1-4H3,(H,13,14). The van der Waals surface area contributed by atoms with Gasteiger partial charge in [0.1, 0.15) is 5.60 Å². The van der Waals surface area contributed by atoms with E-state index in [2.05, 4.69) is 4.52 Å². The molecule has 1 N–H and O–H groups in total. The summed E-state index contributed by atoms with van der Waals surface area (Å²) in [5.74, 6) is -0.791. The van der Waals surface area contributed by atoms with Crippen LogP contribution in [0.1, 0.15) is 47.0 Å². The molecule has 6 heteroatoms. The van der Waals surface area contributed by atoms with Crippen molar-refractivity contribution in [3.63, 3.8) is 0 Å². The van der Waals surface area contributed by atoms with E-state index in [1.54, 1.807) is 0 Å². The number of hydrogen-bond donors (Lipinski definition) is 1. The van der Waals surface area contributed by atoms with E-state index >= 15 is 0 Å². The van der Waals surface area contributed by atoms with Gasteiger partial charge in [-0.1, -0.05) is 19.8 Å². The van der Waals surface area contributed by atoms with Gasteiger partial charge in [-0.05, 0) is 27.2 Å². The van der Waals surface area contributed by atoms with Gasteiger partial charge < -0.3 is 4.89 Å². The molecule has 2 atom stereocenters. The summed E-state index contributed by atoms with van der Waals surface area (Å²) in [5, 5.41) is 0. The predicted octanol–water partition coefficient (Wildman–Crippen LogP) is 2.65. The quantitative estimate of drug-likeness (QED) is 0.709. The fraction of sp³-hybridized carbons (Fsp3) is 0.900. The molecule has 0 radical (unpaired) electrons. The van der Waals surface area contributed by atoms with Crippen molar-refractivity contribution in [3.05, 3.63) is 0 Å². The lowest BCUT2D eigenvalue weighted by molar-refractivity contribution is -0.144. The number of hydrogen-bond acceptors (Lipinski definition) is 3. The van der Waals surface area contributed by atoms with E-state index in [0.717, 1.165) is 6.42 Å². The molecule has 0 aromatic carbocycles. The molecule has 0 aliphatic heterocycles. The second-order valence-electron chi connectivity index (χ2n) is 4.51. The van der Waals surface area contributed by atoms with Crippen LogP contribution in [0.15, 0.2) is 0 Å². The summed E-state index contributed by atoms with van der Waals surface area (Å²) < 4.78 is 29.1. The fourth-order valence-electron chi connectivity index (χ4n) is 1.51. The Morgan fingerprint density at radius 3 is 2.31 bits per heavy atom. The molecule has 0 amide bonds. The van der Waals surface area contributed by atoms with Crippen molar-refractivity contribution in [2.45, 2.75) is 58.2 Å². The van der Waals surface area contributed by atoms with Crippen LogP contribution in [0, 0.1) is 0 Å². The van der Waals surface area contributed by atoms with E-state index in [1.165, 1.54) is 20.8 Å². The molecule has 4 nitrogen and oxygen atoms in total. The van der Waals surface area contributed by atoms with Crippen LogP contribution in [0.5, 0.6) is 0 Å². The van der Waals surface area contributed by atoms with Crippen LogP contribution in [0.3, 0.4) is 0 Å². The molecule has 0 aliphatic rings. The van der Waals surface area contributed by atoms with Crippen LogP contribution >= 0.6 is 8.25 Å². The average molecular weight is 254 g/mol. The lowest BCUT2D eigenvalue weighted by atomic mass is 9.87. The van der Waals surface area contributed by atoms with Crippen molar-refractivity contribution in [2.24, 2.45) is 0 Å². The van der Waals surface area contributed by atoms with Crippen LogP contribution < -0.4 is 0 Å². The zero-order valence-corrected chi connectivity index (χ0v) is 11.2. The summed E-state index contributed by atoms with van der Waals surface area (Å²) in [6.07, 6.45) is 1.47. The topological polar surface area (TPSA) is 63.6 Å². The number of carbonyl (C=O) groups is 1. The van der Waals surface area contributed by atoms with E-state index in [-0.39, 0.29) is 6.42 Å². The van der Waals surface area contributed by atoms with Crippen molar-refractivity contribution in [1.82, 2.24) is 0 Å². The van der Waals surface area contributed by atoms with Gasteiger partial charge in [-0.2, -0.15) is 0 Å². The number of alkyl halides is 1. The maximum absolute atomic E-state index is 14.0. The molecular formula is C10H20FO4P. The third kappa shape index (κ3) is 4.73. The van der Waals surface area contributed by atoms with Gasteiger partial charge in [-0.15, -0.1) is 0 Å². The summed E-state index contributed by atoms with van der Waals surface area (Å²) >= 11 is 0. The van der Waals surface area contributed by atoms with Gasteiger partial charge >= 0.3 is 8.25 Å². The van der Waals surface area contributed by atoms with Gasteiger partial charge in [0.05, 0.1) is 0 Å². The Bertz CT molecular complexity index is 276. The number of Topliss-reactive ketones (excluding diaryl/α,β-unsaturated/α-hetero) is 1. The SMILES string of the molecule is CCCCC(C)(F)C(=O)C(C)(C)O[PH](=O)O. The molecule has 0 aromatic heterocycles. The molecule has 0 bridgehead atoms. The smallest absolute Gasteiger partial charge is 0.317 e. The molecule has 16 heavy (non-hydrogen) atoms. The third-order valence-corrected chi connectivity index (χ3v) is 3.05. The molecule has 0 saturated carbocycles. The second-order valence-corrected chi connectivity index (χ2v) is 5.24. The second kappa shape index (κ2) is 5.89. The van der Waals surface area contributed by atoms with Crippen molar-refractivity contribution >= 4 is 14.0 Å². The minimum atomic E-state index is -3.25. The summed E-state index contributed by atoms with van der Waals surface area (Å²) in [4.78, 5) is 20.4. The zero-order valence-electron chi connectivity index (χ0n) is 10.2. The Hall–Kier alpha value is -0.250. The van der Waals surface area contributed by atoms with Gasteiger partial charge in [-0.3, -0.25) is 13.9 Å². The normalized spacial score (nSPS) is 17.9. The van der Waals surface area contributed by atoms with Crippen LogP contribution in [-0.4, -0.2) is 21.9 Å². The summed E-state index contributed by atoms with van der Waals surface area (Å²) in [6, 6.07) is 0. The highest BCUT2D eigenvalue weighted by atomic mass is 31.1. The molecule has 0 aliphatic carbocycles. The number of unbranched alkanes of at least 4 members (excludes halogenated alkanes) is 1. The van der Waals surface area contributed by atoms with E-state index in [0.29, 0.717) is 6.42 Å². The Balaban J connectivity index is 4.68. The molecule has 0 aromatic rings. The van der Waals surface area contributed by atoms with Gasteiger partial charge in [0.15, 0.2) is 5.67 Å². The molecule has 0 heterocycles. The van der Waals surface area contributed by atoms with Crippen LogP contribution in [-0.2, 0) is 13.9 Å². The zero-order chi connectivity index (χ0) is 13.0. The van der Waals surface area contributed by atoms with Crippen molar-refractivity contribution in [1.29, 1.82) is 0 Å². The van der Waals surface area contributed by atoms with Gasteiger partial charge in [0.2, 0.25) is 5.78 Å². The maximum Gasteiger partial charge on any atom is 0.317 e. The molecule has 0 saturated heterocycles. The number of rotatable bonds is 7. The number of halogens is 1. The van der Waals surface area contributed by atoms with E-state index in [4.69, 9.17) is 4.89 Å². The largest absolute Gasteiger partial charge is 0.326 e. The maximum atomic E-state index is 14.0. The highest BCUT2D eigenvalue weighted by molar-refractivity contribution is 7.32. The lowest BCUT2D eigenvalue weighted by Gasteiger charge is -2.29.